The summed E-state index contributed by atoms with van der Waals surface area (Å²) in [5.74, 6) is -0.0129. The summed E-state index contributed by atoms with van der Waals surface area (Å²) in [4.78, 5) is 11.3. The first-order valence-electron chi connectivity index (χ1n) is 4.92. The van der Waals surface area contributed by atoms with Crippen LogP contribution in [0.4, 0.5) is 0 Å². The Morgan fingerprint density at radius 3 is 3.08 bits per heavy atom. The van der Waals surface area contributed by atoms with Gasteiger partial charge in [-0.05, 0) is 6.42 Å². The molecule has 0 saturated heterocycles. The Kier molecular flexibility index (Phi) is 4.29. The Hall–Kier alpha value is -1.06. The van der Waals surface area contributed by atoms with E-state index in [1.54, 1.807) is 0 Å². The van der Waals surface area contributed by atoms with Crippen LogP contribution < -0.4 is 10.7 Å². The van der Waals surface area contributed by atoms with E-state index < -0.39 is 0 Å². The Morgan fingerprint density at radius 1 is 1.62 bits per heavy atom. The van der Waals surface area contributed by atoms with Crippen molar-refractivity contribution in [3.05, 3.63) is 0 Å². The zero-order valence-electron chi connectivity index (χ0n) is 8.10. The van der Waals surface area contributed by atoms with Gasteiger partial charge in [-0.25, -0.2) is 0 Å². The lowest BCUT2D eigenvalue weighted by molar-refractivity contribution is -0.114. The SMILES string of the molecule is CCCCCNC(=O)C1=NNCC1. The van der Waals surface area contributed by atoms with Crippen molar-refractivity contribution in [2.75, 3.05) is 13.1 Å². The molecule has 1 aliphatic heterocycles. The number of nitrogens with zero attached hydrogens (tertiary/aromatic N) is 1. The zero-order valence-corrected chi connectivity index (χ0v) is 8.10. The lowest BCUT2D eigenvalue weighted by atomic mass is 10.2. The zero-order chi connectivity index (χ0) is 9.52. The number of carbonyl (C=O) groups is 1. The number of hydrazone groups is 1. The molecule has 0 aromatic rings. The predicted molar refractivity (Wildman–Crippen MR) is 52.6 cm³/mol. The molecule has 0 atom stereocenters. The van der Waals surface area contributed by atoms with Crippen molar-refractivity contribution in [2.45, 2.75) is 32.6 Å². The molecule has 0 aromatic carbocycles. The van der Waals surface area contributed by atoms with E-state index in [0.29, 0.717) is 5.71 Å². The largest absolute Gasteiger partial charge is 0.351 e. The van der Waals surface area contributed by atoms with Crippen LogP contribution in [0.15, 0.2) is 5.10 Å². The molecule has 1 amide bonds. The minimum atomic E-state index is -0.0129. The molecule has 1 rings (SSSR count). The van der Waals surface area contributed by atoms with E-state index in [9.17, 15) is 4.79 Å². The van der Waals surface area contributed by atoms with Crippen LogP contribution in [0.2, 0.25) is 0 Å². The third kappa shape index (κ3) is 3.44. The smallest absolute Gasteiger partial charge is 0.267 e. The average molecular weight is 183 g/mol. The molecule has 4 nitrogen and oxygen atoms in total. The van der Waals surface area contributed by atoms with E-state index in [0.717, 1.165) is 25.9 Å². The number of nitrogens with one attached hydrogen (secondary N) is 2. The van der Waals surface area contributed by atoms with E-state index in [2.05, 4.69) is 22.8 Å². The van der Waals surface area contributed by atoms with Crippen molar-refractivity contribution in [1.82, 2.24) is 10.7 Å². The van der Waals surface area contributed by atoms with Crippen molar-refractivity contribution < 1.29 is 4.79 Å². The normalized spacial score (nSPS) is 15.0. The standard InChI is InChI=1S/C9H17N3O/c1-2-3-4-6-10-9(13)8-5-7-11-12-8/h11H,2-7H2,1H3,(H,10,13). The van der Waals surface area contributed by atoms with Crippen LogP contribution in [-0.4, -0.2) is 24.7 Å². The fourth-order valence-corrected chi connectivity index (χ4v) is 1.22. The second-order valence-corrected chi connectivity index (χ2v) is 3.18. The molecule has 0 saturated carbocycles. The average Bonchev–Trinajstić information content (AvgIpc) is 2.65. The summed E-state index contributed by atoms with van der Waals surface area (Å²) in [7, 11) is 0. The molecule has 0 aromatic heterocycles. The number of hydrogen-bond acceptors (Lipinski definition) is 3. The minimum Gasteiger partial charge on any atom is -0.351 e. The highest BCUT2D eigenvalue weighted by Crippen LogP contribution is 1.94. The van der Waals surface area contributed by atoms with Crippen LogP contribution in [0, 0.1) is 0 Å². The van der Waals surface area contributed by atoms with Gasteiger partial charge in [0.05, 0.1) is 0 Å². The first-order chi connectivity index (χ1) is 6.34. The van der Waals surface area contributed by atoms with E-state index in [1.165, 1.54) is 12.8 Å². The van der Waals surface area contributed by atoms with Crippen molar-refractivity contribution in [1.29, 1.82) is 0 Å². The fraction of sp³-hybridized carbons (Fsp3) is 0.778. The lowest BCUT2D eigenvalue weighted by Gasteiger charge is -2.02. The molecule has 74 valence electrons. The summed E-state index contributed by atoms with van der Waals surface area (Å²) in [5.41, 5.74) is 3.42. The first-order valence-corrected chi connectivity index (χ1v) is 4.92. The van der Waals surface area contributed by atoms with Crippen molar-refractivity contribution >= 4 is 11.6 Å². The van der Waals surface area contributed by atoms with Crippen molar-refractivity contribution in [3.63, 3.8) is 0 Å². The minimum absolute atomic E-state index is 0.0129. The lowest BCUT2D eigenvalue weighted by Crippen LogP contribution is -2.30. The first kappa shape index (κ1) is 10.0. The maximum absolute atomic E-state index is 11.3. The van der Waals surface area contributed by atoms with Gasteiger partial charge in [0, 0.05) is 19.5 Å². The molecule has 0 bridgehead atoms. The van der Waals surface area contributed by atoms with E-state index >= 15 is 0 Å². The molecular formula is C9H17N3O. The number of rotatable bonds is 5. The monoisotopic (exact) mass is 183 g/mol. The summed E-state index contributed by atoms with van der Waals surface area (Å²) < 4.78 is 0. The molecule has 13 heavy (non-hydrogen) atoms. The van der Waals surface area contributed by atoms with Crippen molar-refractivity contribution in [3.8, 4) is 0 Å². The summed E-state index contributed by atoms with van der Waals surface area (Å²) in [5, 5.41) is 6.74. The number of hydrogen-bond donors (Lipinski definition) is 2. The molecule has 1 aliphatic rings. The third-order valence-electron chi connectivity index (χ3n) is 2.02. The molecule has 2 N–H and O–H groups in total. The molecule has 0 fully saturated rings. The Morgan fingerprint density at radius 2 is 2.46 bits per heavy atom. The van der Waals surface area contributed by atoms with E-state index in [4.69, 9.17) is 0 Å². The number of amides is 1. The van der Waals surface area contributed by atoms with Gasteiger partial charge in [-0.3, -0.25) is 4.79 Å². The summed E-state index contributed by atoms with van der Waals surface area (Å²) >= 11 is 0. The van der Waals surface area contributed by atoms with Crippen LogP contribution in [-0.2, 0) is 4.79 Å². The van der Waals surface area contributed by atoms with E-state index in [1.807, 2.05) is 0 Å². The highest BCUT2D eigenvalue weighted by Gasteiger charge is 2.13. The maximum atomic E-state index is 11.3. The number of unbranched alkanes of at least 4 members (excludes halogenated alkanes) is 2. The van der Waals surface area contributed by atoms with Gasteiger partial charge in [-0.1, -0.05) is 19.8 Å². The van der Waals surface area contributed by atoms with E-state index in [-0.39, 0.29) is 5.91 Å². The second kappa shape index (κ2) is 5.56. The molecule has 4 heteroatoms. The molecule has 0 spiro atoms. The Balaban J connectivity index is 2.10. The van der Waals surface area contributed by atoms with Crippen LogP contribution >= 0.6 is 0 Å². The van der Waals surface area contributed by atoms with Gasteiger partial charge >= 0.3 is 0 Å². The summed E-state index contributed by atoms with van der Waals surface area (Å²) in [6.45, 7) is 3.70. The van der Waals surface area contributed by atoms with Crippen molar-refractivity contribution in [2.24, 2.45) is 5.10 Å². The third-order valence-corrected chi connectivity index (χ3v) is 2.02. The number of carbonyl (C=O) groups excluding carboxylic acids is 1. The maximum Gasteiger partial charge on any atom is 0.267 e. The molecule has 0 unspecified atom stereocenters. The summed E-state index contributed by atoms with van der Waals surface area (Å²) in [6.07, 6.45) is 4.16. The topological polar surface area (TPSA) is 53.5 Å². The highest BCUT2D eigenvalue weighted by molar-refractivity contribution is 6.39. The highest BCUT2D eigenvalue weighted by atomic mass is 16.1. The Labute approximate surface area is 78.8 Å². The van der Waals surface area contributed by atoms with Crippen LogP contribution in [0.25, 0.3) is 0 Å². The van der Waals surface area contributed by atoms with Gasteiger partial charge in [-0.15, -0.1) is 0 Å². The van der Waals surface area contributed by atoms with Gasteiger partial charge in [0.25, 0.3) is 5.91 Å². The quantitative estimate of drug-likeness (QED) is 0.615. The van der Waals surface area contributed by atoms with Gasteiger partial charge < -0.3 is 10.7 Å². The predicted octanol–water partition coefficient (Wildman–Crippen LogP) is 0.642. The van der Waals surface area contributed by atoms with Crippen LogP contribution in [0.5, 0.6) is 0 Å². The van der Waals surface area contributed by atoms with Gasteiger partial charge in [0.15, 0.2) is 0 Å². The molecule has 0 aliphatic carbocycles. The molecule has 0 radical (unpaired) electrons. The Bertz CT molecular complexity index is 201. The van der Waals surface area contributed by atoms with Crippen LogP contribution in [0.1, 0.15) is 32.6 Å². The van der Waals surface area contributed by atoms with Gasteiger partial charge in [0.1, 0.15) is 5.71 Å². The summed E-state index contributed by atoms with van der Waals surface area (Å²) in [6, 6.07) is 0. The fourth-order valence-electron chi connectivity index (χ4n) is 1.22. The molecular weight excluding hydrogens is 166 g/mol. The van der Waals surface area contributed by atoms with Gasteiger partial charge in [0.2, 0.25) is 0 Å². The van der Waals surface area contributed by atoms with Crippen LogP contribution in [0.3, 0.4) is 0 Å². The molecule has 1 heterocycles. The van der Waals surface area contributed by atoms with Gasteiger partial charge in [-0.2, -0.15) is 5.10 Å². The second-order valence-electron chi connectivity index (χ2n) is 3.18.